The van der Waals surface area contributed by atoms with Crippen LogP contribution in [0, 0.1) is 6.92 Å². The van der Waals surface area contributed by atoms with Gasteiger partial charge in [0.25, 0.3) is 5.91 Å². The van der Waals surface area contributed by atoms with E-state index in [2.05, 4.69) is 10.3 Å². The maximum Gasteiger partial charge on any atom is 0.400 e. The number of aliphatic imine (C=N–C) groups is 1. The molecule has 176 valence electrons. The van der Waals surface area contributed by atoms with Crippen LogP contribution in [-0.2, 0) is 15.3 Å². The molecule has 0 radical (unpaired) electrons. The van der Waals surface area contributed by atoms with Crippen LogP contribution in [0.25, 0.3) is 0 Å². The Bertz CT molecular complexity index is 1250. The normalized spacial score (nSPS) is 22.5. The Morgan fingerprint density at radius 3 is 2.30 bits per heavy atom. The molecule has 2 aromatic carbocycles. The minimum absolute atomic E-state index is 0.0468. The summed E-state index contributed by atoms with van der Waals surface area (Å²) in [6.07, 6.45) is -4.98. The molecular formula is C22H19Cl2F3N2O3S. The van der Waals surface area contributed by atoms with E-state index in [0.29, 0.717) is 16.7 Å². The van der Waals surface area contributed by atoms with Gasteiger partial charge >= 0.3 is 6.18 Å². The first-order valence-corrected chi connectivity index (χ1v) is 12.6. The summed E-state index contributed by atoms with van der Waals surface area (Å²) in [6.45, 7) is 1.17. The van der Waals surface area contributed by atoms with Crippen molar-refractivity contribution in [2.45, 2.75) is 31.0 Å². The van der Waals surface area contributed by atoms with E-state index >= 15 is 0 Å². The van der Waals surface area contributed by atoms with Gasteiger partial charge in [0.15, 0.2) is 9.84 Å². The lowest BCUT2D eigenvalue weighted by atomic mass is 9.76. The molecule has 11 heteroatoms. The van der Waals surface area contributed by atoms with Gasteiger partial charge in [0.2, 0.25) is 0 Å². The molecule has 0 spiro atoms. The zero-order chi connectivity index (χ0) is 24.2. The summed E-state index contributed by atoms with van der Waals surface area (Å²) in [5.41, 5.74) is -0.681. The number of halogens is 5. The van der Waals surface area contributed by atoms with Crippen molar-refractivity contribution in [1.29, 1.82) is 0 Å². The second-order valence-corrected chi connectivity index (χ2v) is 11.5. The maximum absolute atomic E-state index is 14.3. The fourth-order valence-electron chi connectivity index (χ4n) is 4.21. The quantitative estimate of drug-likeness (QED) is 0.646. The molecule has 0 saturated carbocycles. The lowest BCUT2D eigenvalue weighted by molar-refractivity contribution is -0.183. The fraction of sp³-hybridized carbons (Fsp3) is 0.364. The molecular weight excluding hydrogens is 500 g/mol. The molecule has 1 amide bonds. The molecule has 1 fully saturated rings. The highest BCUT2D eigenvalue weighted by molar-refractivity contribution is 7.92. The predicted octanol–water partition coefficient (Wildman–Crippen LogP) is 4.52. The second-order valence-electron chi connectivity index (χ2n) is 8.45. The van der Waals surface area contributed by atoms with E-state index in [-0.39, 0.29) is 32.8 Å². The molecule has 2 aromatic rings. The van der Waals surface area contributed by atoms with Crippen molar-refractivity contribution in [1.82, 2.24) is 5.32 Å². The molecule has 1 N–H and O–H groups in total. The largest absolute Gasteiger partial charge is 0.400 e. The third-order valence-electron chi connectivity index (χ3n) is 6.02. The Labute approximate surface area is 198 Å². The van der Waals surface area contributed by atoms with Crippen molar-refractivity contribution in [2.24, 2.45) is 4.99 Å². The Morgan fingerprint density at radius 1 is 1.12 bits per heavy atom. The Morgan fingerprint density at radius 2 is 1.76 bits per heavy atom. The van der Waals surface area contributed by atoms with E-state index in [1.54, 1.807) is 19.1 Å². The first kappa shape index (κ1) is 24.0. The van der Waals surface area contributed by atoms with E-state index in [0.717, 1.165) is 0 Å². The van der Waals surface area contributed by atoms with E-state index < -0.39 is 46.3 Å². The monoisotopic (exact) mass is 518 g/mol. The molecule has 4 rings (SSSR count). The summed E-state index contributed by atoms with van der Waals surface area (Å²) in [6, 6.07) is 8.15. The van der Waals surface area contributed by atoms with Crippen molar-refractivity contribution in [3.63, 3.8) is 0 Å². The smallest absolute Gasteiger partial charge is 0.347 e. The predicted molar refractivity (Wildman–Crippen MR) is 121 cm³/mol. The first-order chi connectivity index (χ1) is 15.3. The third kappa shape index (κ3) is 4.63. The number of sulfone groups is 1. The number of carbonyl (C=O) groups excluding carboxylic acids is 1. The molecule has 0 aliphatic carbocycles. The van der Waals surface area contributed by atoms with E-state index in [9.17, 15) is 26.4 Å². The highest BCUT2D eigenvalue weighted by atomic mass is 35.5. The zero-order valence-corrected chi connectivity index (χ0v) is 19.7. The van der Waals surface area contributed by atoms with Crippen molar-refractivity contribution in [2.75, 3.05) is 18.1 Å². The fourth-order valence-corrected chi connectivity index (χ4v) is 6.03. The number of rotatable bonds is 4. The van der Waals surface area contributed by atoms with Crippen LogP contribution in [0.4, 0.5) is 13.2 Å². The number of benzene rings is 2. The number of alkyl halides is 3. The first-order valence-electron chi connectivity index (χ1n) is 9.99. The van der Waals surface area contributed by atoms with Gasteiger partial charge in [-0.15, -0.1) is 0 Å². The number of hydrogen-bond acceptors (Lipinski definition) is 4. The van der Waals surface area contributed by atoms with E-state index in [1.165, 1.54) is 24.3 Å². The number of nitrogens with one attached hydrogen (secondary N) is 1. The van der Waals surface area contributed by atoms with Crippen LogP contribution in [0.2, 0.25) is 10.0 Å². The SMILES string of the molecule is Cc1cc(C2=NCC(c3cc(Cl)cc(Cl)c3)(C(F)(F)F)C2)ccc1C(=O)NC1CS(=O)(=O)C1. The zero-order valence-electron chi connectivity index (χ0n) is 17.3. The molecule has 0 bridgehead atoms. The van der Waals surface area contributed by atoms with Crippen molar-refractivity contribution in [3.05, 3.63) is 68.7 Å². The molecule has 5 nitrogen and oxygen atoms in total. The highest BCUT2D eigenvalue weighted by Crippen LogP contribution is 2.48. The molecule has 1 unspecified atom stereocenters. The molecule has 2 aliphatic heterocycles. The minimum atomic E-state index is -4.59. The third-order valence-corrected chi connectivity index (χ3v) is 8.27. The van der Waals surface area contributed by atoms with Crippen LogP contribution in [0.3, 0.4) is 0 Å². The lowest BCUT2D eigenvalue weighted by Gasteiger charge is -2.31. The van der Waals surface area contributed by atoms with Gasteiger partial charge < -0.3 is 5.32 Å². The number of amides is 1. The lowest BCUT2D eigenvalue weighted by Crippen LogP contribution is -2.53. The van der Waals surface area contributed by atoms with Gasteiger partial charge in [-0.05, 0) is 53.9 Å². The van der Waals surface area contributed by atoms with Crippen molar-refractivity contribution in [3.8, 4) is 0 Å². The summed E-state index contributed by atoms with van der Waals surface area (Å²) in [7, 11) is -3.08. The number of hydrogen-bond donors (Lipinski definition) is 1. The van der Waals surface area contributed by atoms with Gasteiger partial charge in [0, 0.05) is 27.7 Å². The standard InChI is InChI=1S/C22H19Cl2F3N2O3S/c1-12-4-13(2-3-18(12)20(30)29-17-9-33(31,32)10-17)19-8-21(11-28-19,22(25,26)27)14-5-15(23)7-16(24)6-14/h2-7,17H,8-11H2,1H3,(H,29,30). The number of aryl methyl sites for hydroxylation is 1. The highest BCUT2D eigenvalue weighted by Gasteiger charge is 2.58. The topological polar surface area (TPSA) is 75.6 Å². The van der Waals surface area contributed by atoms with Gasteiger partial charge in [0.05, 0.1) is 24.1 Å². The molecule has 1 saturated heterocycles. The van der Waals surface area contributed by atoms with Crippen LogP contribution < -0.4 is 5.32 Å². The summed E-state index contributed by atoms with van der Waals surface area (Å²) >= 11 is 11.9. The Hall–Kier alpha value is -2.10. The van der Waals surface area contributed by atoms with Crippen molar-refractivity contribution < 1.29 is 26.4 Å². The van der Waals surface area contributed by atoms with Crippen LogP contribution in [0.5, 0.6) is 0 Å². The van der Waals surface area contributed by atoms with Crippen LogP contribution >= 0.6 is 23.2 Å². The van der Waals surface area contributed by atoms with Gasteiger partial charge in [0.1, 0.15) is 5.41 Å². The molecule has 1 atom stereocenters. The van der Waals surface area contributed by atoms with Crippen molar-refractivity contribution >= 4 is 44.7 Å². The summed E-state index contributed by atoms with van der Waals surface area (Å²) in [5, 5.41) is 2.88. The molecule has 0 aromatic heterocycles. The van der Waals surface area contributed by atoms with Crippen LogP contribution in [-0.4, -0.2) is 50.3 Å². The Kier molecular flexibility index (Phi) is 6.04. The van der Waals surface area contributed by atoms with Gasteiger partial charge in [-0.25, -0.2) is 8.42 Å². The van der Waals surface area contributed by atoms with E-state index in [1.807, 2.05) is 0 Å². The molecule has 33 heavy (non-hydrogen) atoms. The number of carbonyl (C=O) groups is 1. The van der Waals surface area contributed by atoms with Crippen LogP contribution in [0.15, 0.2) is 41.4 Å². The molecule has 2 heterocycles. The maximum atomic E-state index is 14.3. The Balaban J connectivity index is 1.57. The van der Waals surface area contributed by atoms with Crippen LogP contribution in [0.1, 0.15) is 33.5 Å². The van der Waals surface area contributed by atoms with Gasteiger partial charge in [-0.2, -0.15) is 13.2 Å². The summed E-state index contributed by atoms with van der Waals surface area (Å²) in [4.78, 5) is 16.7. The minimum Gasteiger partial charge on any atom is -0.347 e. The second kappa shape index (κ2) is 8.29. The summed E-state index contributed by atoms with van der Waals surface area (Å²) < 4.78 is 65.3. The average Bonchev–Trinajstić information content (AvgIpc) is 3.12. The van der Waals surface area contributed by atoms with Gasteiger partial charge in [-0.1, -0.05) is 29.3 Å². The van der Waals surface area contributed by atoms with E-state index in [4.69, 9.17) is 23.2 Å². The molecule has 2 aliphatic rings. The average molecular weight is 519 g/mol. The number of nitrogens with zero attached hydrogens (tertiary/aromatic N) is 1. The summed E-state index contributed by atoms with van der Waals surface area (Å²) in [5.74, 6) is -0.620. The van der Waals surface area contributed by atoms with Gasteiger partial charge in [-0.3, -0.25) is 9.79 Å².